The van der Waals surface area contributed by atoms with E-state index in [4.69, 9.17) is 0 Å². The number of hydrogen-bond donors (Lipinski definition) is 1. The van der Waals surface area contributed by atoms with Crippen molar-refractivity contribution in [1.82, 2.24) is 0 Å². The smallest absolute Gasteiger partial charge is 0.0731 e. The molecular formula is C13H24O. The Morgan fingerprint density at radius 3 is 1.86 bits per heavy atom. The van der Waals surface area contributed by atoms with Gasteiger partial charge in [-0.25, -0.2) is 0 Å². The summed E-state index contributed by atoms with van der Waals surface area (Å²) < 4.78 is 0. The topological polar surface area (TPSA) is 20.2 Å². The molecular weight excluding hydrogens is 172 g/mol. The van der Waals surface area contributed by atoms with E-state index >= 15 is 0 Å². The molecule has 2 fully saturated rings. The van der Waals surface area contributed by atoms with Crippen LogP contribution in [0, 0.1) is 17.3 Å². The zero-order valence-electron chi connectivity index (χ0n) is 9.84. The number of aliphatic hydroxyl groups is 1. The second-order valence-corrected chi connectivity index (χ2v) is 5.94. The summed E-state index contributed by atoms with van der Waals surface area (Å²) in [5.74, 6) is 1.07. The summed E-state index contributed by atoms with van der Waals surface area (Å²) in [5, 5.41) is 10.9. The van der Waals surface area contributed by atoms with Crippen LogP contribution < -0.4 is 0 Å². The Balaban J connectivity index is 2.20. The highest BCUT2D eigenvalue weighted by Gasteiger charge is 2.59. The lowest BCUT2D eigenvalue weighted by Crippen LogP contribution is -2.53. The summed E-state index contributed by atoms with van der Waals surface area (Å²) >= 11 is 0. The largest absolute Gasteiger partial charge is 0.389 e. The fraction of sp³-hybridized carbons (Fsp3) is 1.00. The van der Waals surface area contributed by atoms with E-state index in [1.807, 2.05) is 0 Å². The second kappa shape index (κ2) is 3.23. The summed E-state index contributed by atoms with van der Waals surface area (Å²) in [5.41, 5.74) is -0.00387. The van der Waals surface area contributed by atoms with E-state index in [0.29, 0.717) is 17.3 Å². The van der Waals surface area contributed by atoms with Gasteiger partial charge in [-0.1, -0.05) is 27.2 Å². The number of rotatable bonds is 2. The molecule has 1 N–H and O–H groups in total. The molecule has 0 saturated heterocycles. The quantitative estimate of drug-likeness (QED) is 0.718. The Hall–Kier alpha value is -0.0400. The molecule has 2 unspecified atom stereocenters. The maximum Gasteiger partial charge on any atom is 0.0731 e. The van der Waals surface area contributed by atoms with Gasteiger partial charge in [0.15, 0.2) is 0 Å². The van der Waals surface area contributed by atoms with Crippen molar-refractivity contribution in [3.63, 3.8) is 0 Å². The van der Waals surface area contributed by atoms with E-state index in [0.717, 1.165) is 6.42 Å². The predicted octanol–water partition coefficient (Wildman–Crippen LogP) is 3.36. The lowest BCUT2D eigenvalue weighted by Gasteiger charge is -2.53. The molecule has 0 aromatic rings. The van der Waals surface area contributed by atoms with Crippen LogP contribution in [-0.4, -0.2) is 10.7 Å². The van der Waals surface area contributed by atoms with Gasteiger partial charge in [0.1, 0.15) is 0 Å². The zero-order valence-corrected chi connectivity index (χ0v) is 9.84. The van der Waals surface area contributed by atoms with Gasteiger partial charge in [0.05, 0.1) is 5.60 Å². The van der Waals surface area contributed by atoms with E-state index in [-0.39, 0.29) is 5.60 Å². The minimum Gasteiger partial charge on any atom is -0.389 e. The lowest BCUT2D eigenvalue weighted by atomic mass is 9.55. The molecule has 82 valence electrons. The first-order valence-electron chi connectivity index (χ1n) is 6.24. The molecule has 0 bridgehead atoms. The summed E-state index contributed by atoms with van der Waals surface area (Å²) in [4.78, 5) is 0. The van der Waals surface area contributed by atoms with Gasteiger partial charge in [0, 0.05) is 0 Å². The summed E-state index contributed by atoms with van der Waals surface area (Å²) in [6.07, 6.45) is 7.47. The molecule has 1 heteroatoms. The maximum atomic E-state index is 10.9. The van der Waals surface area contributed by atoms with Crippen LogP contribution in [0.5, 0.6) is 0 Å². The van der Waals surface area contributed by atoms with Crippen molar-refractivity contribution in [3.05, 3.63) is 0 Å². The predicted molar refractivity (Wildman–Crippen MR) is 59.1 cm³/mol. The van der Waals surface area contributed by atoms with Crippen LogP contribution in [0.4, 0.5) is 0 Å². The molecule has 0 aliphatic heterocycles. The third-order valence-electron chi connectivity index (χ3n) is 5.20. The maximum absolute atomic E-state index is 10.9. The van der Waals surface area contributed by atoms with Crippen LogP contribution in [0.25, 0.3) is 0 Å². The molecule has 2 aliphatic rings. The number of hydrogen-bond acceptors (Lipinski definition) is 1. The summed E-state index contributed by atoms with van der Waals surface area (Å²) in [7, 11) is 0. The SMILES string of the molecule is CC(C)C(C)C1(O)CCCC12CCC2. The van der Waals surface area contributed by atoms with E-state index in [9.17, 15) is 5.11 Å². The van der Waals surface area contributed by atoms with Crippen LogP contribution in [-0.2, 0) is 0 Å². The van der Waals surface area contributed by atoms with E-state index in [1.165, 1.54) is 32.1 Å². The van der Waals surface area contributed by atoms with Crippen molar-refractivity contribution in [2.75, 3.05) is 0 Å². The van der Waals surface area contributed by atoms with Crippen molar-refractivity contribution >= 4 is 0 Å². The highest BCUT2D eigenvalue weighted by molar-refractivity contribution is 5.10. The van der Waals surface area contributed by atoms with Gasteiger partial charge in [0.2, 0.25) is 0 Å². The molecule has 2 atom stereocenters. The first-order chi connectivity index (χ1) is 6.52. The van der Waals surface area contributed by atoms with E-state index in [1.54, 1.807) is 0 Å². The lowest BCUT2D eigenvalue weighted by molar-refractivity contribution is -0.147. The average molecular weight is 196 g/mol. The molecule has 1 nitrogen and oxygen atoms in total. The molecule has 0 heterocycles. The van der Waals surface area contributed by atoms with Crippen LogP contribution in [0.2, 0.25) is 0 Å². The standard InChI is InChI=1S/C13H24O/c1-10(2)11(3)13(14)9-5-8-12(13)6-4-7-12/h10-11,14H,4-9H2,1-3H3. The minimum atomic E-state index is -0.334. The van der Waals surface area contributed by atoms with E-state index < -0.39 is 0 Å². The van der Waals surface area contributed by atoms with Gasteiger partial charge in [-0.05, 0) is 49.4 Å². The highest BCUT2D eigenvalue weighted by Crippen LogP contribution is 2.62. The first kappa shape index (κ1) is 10.5. The van der Waals surface area contributed by atoms with Crippen LogP contribution >= 0.6 is 0 Å². The molecule has 2 aliphatic carbocycles. The molecule has 0 amide bonds. The molecule has 2 saturated carbocycles. The molecule has 1 spiro atoms. The second-order valence-electron chi connectivity index (χ2n) is 5.94. The normalized spacial score (nSPS) is 37.5. The van der Waals surface area contributed by atoms with Gasteiger partial charge in [-0.2, -0.15) is 0 Å². The van der Waals surface area contributed by atoms with Crippen molar-refractivity contribution < 1.29 is 5.11 Å². The molecule has 2 rings (SSSR count). The van der Waals surface area contributed by atoms with Gasteiger partial charge >= 0.3 is 0 Å². The van der Waals surface area contributed by atoms with Crippen molar-refractivity contribution in [2.45, 2.75) is 64.9 Å². The van der Waals surface area contributed by atoms with Crippen LogP contribution in [0.1, 0.15) is 59.3 Å². The van der Waals surface area contributed by atoms with Gasteiger partial charge in [0.25, 0.3) is 0 Å². The highest BCUT2D eigenvalue weighted by atomic mass is 16.3. The van der Waals surface area contributed by atoms with Gasteiger partial charge in [-0.15, -0.1) is 0 Å². The molecule has 0 aromatic carbocycles. The van der Waals surface area contributed by atoms with Gasteiger partial charge < -0.3 is 5.11 Å². The molecule has 0 aromatic heterocycles. The third kappa shape index (κ3) is 1.18. The fourth-order valence-electron chi connectivity index (χ4n) is 3.73. The third-order valence-corrected chi connectivity index (χ3v) is 5.20. The summed E-state index contributed by atoms with van der Waals surface area (Å²) in [6, 6.07) is 0. The Morgan fingerprint density at radius 1 is 0.929 bits per heavy atom. The minimum absolute atomic E-state index is 0.330. The van der Waals surface area contributed by atoms with Crippen LogP contribution in [0.3, 0.4) is 0 Å². The average Bonchev–Trinajstić information content (AvgIpc) is 2.41. The van der Waals surface area contributed by atoms with Crippen molar-refractivity contribution in [3.8, 4) is 0 Å². The first-order valence-corrected chi connectivity index (χ1v) is 6.24. The fourth-order valence-corrected chi connectivity index (χ4v) is 3.73. The Labute approximate surface area is 87.9 Å². The Kier molecular flexibility index (Phi) is 2.42. The summed E-state index contributed by atoms with van der Waals surface area (Å²) in [6.45, 7) is 6.73. The molecule has 14 heavy (non-hydrogen) atoms. The van der Waals surface area contributed by atoms with E-state index in [2.05, 4.69) is 20.8 Å². The zero-order chi connectivity index (χ0) is 10.4. The molecule has 0 radical (unpaired) electrons. The van der Waals surface area contributed by atoms with Crippen LogP contribution in [0.15, 0.2) is 0 Å². The van der Waals surface area contributed by atoms with Crippen molar-refractivity contribution in [1.29, 1.82) is 0 Å². The van der Waals surface area contributed by atoms with Gasteiger partial charge in [-0.3, -0.25) is 0 Å². The van der Waals surface area contributed by atoms with Crippen molar-refractivity contribution in [2.24, 2.45) is 17.3 Å². The Bertz CT molecular complexity index is 217. The monoisotopic (exact) mass is 196 g/mol. The Morgan fingerprint density at radius 2 is 1.43 bits per heavy atom.